The van der Waals surface area contributed by atoms with Crippen LogP contribution in [-0.2, 0) is 52.5 Å². The summed E-state index contributed by atoms with van der Waals surface area (Å²) in [6.45, 7) is 60.7. The molecule has 0 amide bonds. The summed E-state index contributed by atoms with van der Waals surface area (Å²) in [6, 6.07) is 32.7. The van der Waals surface area contributed by atoms with Crippen LogP contribution >= 0.6 is 15.2 Å². The first-order chi connectivity index (χ1) is 36.0. The Labute approximate surface area is 485 Å². The van der Waals surface area contributed by atoms with Crippen LogP contribution in [0.4, 0.5) is 0 Å². The van der Waals surface area contributed by atoms with Crippen molar-refractivity contribution in [2.75, 3.05) is 0 Å². The minimum atomic E-state index is -4.22. The minimum Gasteiger partial charge on any atom is -0.412 e. The van der Waals surface area contributed by atoms with E-state index in [1.807, 2.05) is 76.2 Å². The van der Waals surface area contributed by atoms with Crippen LogP contribution in [0.5, 0.6) is 23.0 Å². The molecule has 0 aliphatic carbocycles. The Morgan fingerprint density at radius 1 is 0.263 bits per heavy atom. The highest BCUT2D eigenvalue weighted by Gasteiger charge is 2.40. The molecule has 0 atom stereocenters. The number of hydrogen-bond acceptors (Lipinski definition) is 6. The Morgan fingerprint density at radius 3 is 0.588 bits per heavy atom. The van der Waals surface area contributed by atoms with Crippen molar-refractivity contribution in [3.8, 4) is 34.1 Å². The summed E-state index contributed by atoms with van der Waals surface area (Å²) in [4.78, 5) is 0. The fourth-order valence-electron chi connectivity index (χ4n) is 9.94. The second-order valence-electron chi connectivity index (χ2n) is 31.1. The molecule has 8 heteroatoms. The molecular weight excluding hydrogens is 1020 g/mol. The SMILES string of the molecule is Cc1cc(C(C)(C)C)cc(C(C)(C)C)c1OP(=O)(Oc1c(C)cc(C(C)(C)C)cc1C(C)(C)C)c1ccc(-c2ccc(P(=O)(Oc3c(C)cc(C(C)(C)C)cc3C(C)(C)C)Oc3c(C)cc(C(C)(C)C)cc3C(C)(C)C)cc2)cc1. The minimum absolute atomic E-state index is 0.123. The van der Waals surface area contributed by atoms with Crippen molar-refractivity contribution >= 4 is 25.8 Å². The van der Waals surface area contributed by atoms with E-state index < -0.39 is 15.2 Å². The van der Waals surface area contributed by atoms with Gasteiger partial charge in [-0.05, 0) is 151 Å². The largest absolute Gasteiger partial charge is 0.462 e. The zero-order chi connectivity index (χ0) is 60.7. The Bertz CT molecular complexity index is 2950. The second kappa shape index (κ2) is 21.6. The van der Waals surface area contributed by atoms with Crippen molar-refractivity contribution in [3.63, 3.8) is 0 Å². The lowest BCUT2D eigenvalue weighted by Gasteiger charge is -2.32. The van der Waals surface area contributed by atoms with Gasteiger partial charge in [-0.2, -0.15) is 0 Å². The van der Waals surface area contributed by atoms with Crippen LogP contribution in [0.2, 0.25) is 0 Å². The Balaban J connectivity index is 1.54. The molecule has 0 aliphatic rings. The maximum absolute atomic E-state index is 16.3. The fraction of sp³-hybridized carbons (Fsp3) is 0.500. The lowest BCUT2D eigenvalue weighted by Crippen LogP contribution is -2.23. The first-order valence-corrected chi connectivity index (χ1v) is 32.0. The van der Waals surface area contributed by atoms with Crippen LogP contribution in [0.3, 0.4) is 0 Å². The number of hydrogen-bond donors (Lipinski definition) is 0. The highest BCUT2D eigenvalue weighted by atomic mass is 31.2. The summed E-state index contributed by atoms with van der Waals surface area (Å²) >= 11 is 0. The molecule has 80 heavy (non-hydrogen) atoms. The zero-order valence-corrected chi connectivity index (χ0v) is 56.4. The van der Waals surface area contributed by atoms with Gasteiger partial charge in [-0.3, -0.25) is 0 Å². The molecule has 0 fully saturated rings. The molecule has 0 bridgehead atoms. The maximum atomic E-state index is 16.3. The molecule has 0 unspecified atom stereocenters. The lowest BCUT2D eigenvalue weighted by atomic mass is 9.79. The van der Waals surface area contributed by atoms with E-state index in [4.69, 9.17) is 18.1 Å². The van der Waals surface area contributed by atoms with Crippen molar-refractivity contribution in [1.29, 1.82) is 0 Å². The van der Waals surface area contributed by atoms with Gasteiger partial charge in [0, 0.05) is 22.3 Å². The smallest absolute Gasteiger partial charge is 0.412 e. The van der Waals surface area contributed by atoms with Crippen molar-refractivity contribution in [1.82, 2.24) is 0 Å². The van der Waals surface area contributed by atoms with Crippen LogP contribution in [-0.4, -0.2) is 0 Å². The van der Waals surface area contributed by atoms with Crippen molar-refractivity contribution in [2.24, 2.45) is 0 Å². The summed E-state index contributed by atoms with van der Waals surface area (Å²) in [7, 11) is -8.44. The highest BCUT2D eigenvalue weighted by Crippen LogP contribution is 2.56. The van der Waals surface area contributed by atoms with Gasteiger partial charge >= 0.3 is 15.2 Å². The predicted molar refractivity (Wildman–Crippen MR) is 343 cm³/mol. The van der Waals surface area contributed by atoms with E-state index in [1.54, 1.807) is 0 Å². The molecule has 6 aromatic rings. The number of aryl methyl sites for hydroxylation is 4. The van der Waals surface area contributed by atoms with Crippen LogP contribution in [0.15, 0.2) is 97.1 Å². The Morgan fingerprint density at radius 2 is 0.438 bits per heavy atom. The van der Waals surface area contributed by atoms with Gasteiger partial charge < -0.3 is 18.1 Å². The number of benzene rings is 6. The third kappa shape index (κ3) is 14.2. The van der Waals surface area contributed by atoms with Crippen molar-refractivity contribution in [3.05, 3.63) is 164 Å². The Hall–Kier alpha value is -5.02. The van der Waals surface area contributed by atoms with Gasteiger partial charge in [0.05, 0.1) is 10.6 Å². The molecule has 6 nitrogen and oxygen atoms in total. The molecular formula is C72H100O6P2. The third-order valence-corrected chi connectivity index (χ3v) is 18.9. The quantitative estimate of drug-likeness (QED) is 0.120. The molecule has 0 heterocycles. The fourth-order valence-corrected chi connectivity index (χ4v) is 13.4. The second-order valence-corrected chi connectivity index (χ2v) is 34.9. The summed E-state index contributed by atoms with van der Waals surface area (Å²) in [6.07, 6.45) is 0. The van der Waals surface area contributed by atoms with Crippen LogP contribution in [0, 0.1) is 27.7 Å². The molecule has 0 aliphatic heterocycles. The summed E-state index contributed by atoms with van der Waals surface area (Å²) in [5, 5.41) is 0.847. The van der Waals surface area contributed by atoms with Gasteiger partial charge in [-0.15, -0.1) is 0 Å². The molecule has 0 saturated heterocycles. The van der Waals surface area contributed by atoms with E-state index in [0.29, 0.717) is 33.6 Å². The molecule has 0 N–H and O–H groups in total. The monoisotopic (exact) mass is 1120 g/mol. The van der Waals surface area contributed by atoms with E-state index >= 15 is 9.13 Å². The average Bonchev–Trinajstić information content (AvgIpc) is 3.28. The summed E-state index contributed by atoms with van der Waals surface area (Å²) < 4.78 is 60.9. The van der Waals surface area contributed by atoms with Gasteiger partial charge in [-0.1, -0.05) is 239 Å². The van der Waals surface area contributed by atoms with Gasteiger partial charge in [0.2, 0.25) is 0 Å². The van der Waals surface area contributed by atoms with Gasteiger partial charge in [0.1, 0.15) is 23.0 Å². The van der Waals surface area contributed by atoms with E-state index in [2.05, 4.69) is 215 Å². The van der Waals surface area contributed by atoms with E-state index in [-0.39, 0.29) is 43.3 Å². The molecule has 0 radical (unpaired) electrons. The van der Waals surface area contributed by atoms with Gasteiger partial charge in [-0.25, -0.2) is 9.13 Å². The molecule has 0 saturated carbocycles. The predicted octanol–water partition coefficient (Wildman–Crippen LogP) is 20.9. The summed E-state index contributed by atoms with van der Waals surface area (Å²) in [5.74, 6) is 2.25. The van der Waals surface area contributed by atoms with E-state index in [0.717, 1.165) is 55.6 Å². The first kappa shape index (κ1) is 64.2. The topological polar surface area (TPSA) is 71.1 Å². The van der Waals surface area contributed by atoms with Gasteiger partial charge in [0.15, 0.2) is 0 Å². The average molecular weight is 1120 g/mol. The Kier molecular flexibility index (Phi) is 17.3. The van der Waals surface area contributed by atoms with Crippen LogP contribution in [0.25, 0.3) is 11.1 Å². The normalized spacial score (nSPS) is 13.6. The first-order valence-electron chi connectivity index (χ1n) is 28.9. The highest BCUT2D eigenvalue weighted by molar-refractivity contribution is 7.63. The zero-order valence-electron chi connectivity index (χ0n) is 54.6. The molecule has 6 rings (SSSR count). The number of rotatable bonds is 11. The van der Waals surface area contributed by atoms with Crippen LogP contribution < -0.4 is 28.7 Å². The third-order valence-electron chi connectivity index (χ3n) is 15.3. The van der Waals surface area contributed by atoms with E-state index in [9.17, 15) is 0 Å². The molecule has 0 spiro atoms. The lowest BCUT2D eigenvalue weighted by molar-refractivity contribution is 0.383. The summed E-state index contributed by atoms with van der Waals surface area (Å²) in [5.41, 5.74) is 11.9. The van der Waals surface area contributed by atoms with Crippen LogP contribution in [0.1, 0.15) is 233 Å². The maximum Gasteiger partial charge on any atom is 0.462 e. The van der Waals surface area contributed by atoms with Crippen molar-refractivity contribution < 1.29 is 27.2 Å². The van der Waals surface area contributed by atoms with E-state index in [1.165, 1.54) is 22.3 Å². The standard InChI is InChI=1S/C72H100O6P2/c1-45-37-51(65(5,6)7)41-57(69(17,18)19)61(45)75-79(73,76-62-46(2)38-52(66(8,9)10)42-58(62)70(20,21)22)55-33-29-49(30-34-55)50-31-35-56(36-32-50)80(74,77-63-47(3)39-53(67(11,12)13)43-59(63)71(23,24)25)78-64-48(4)40-54(68(14,15)16)44-60(64)72(26,27)28/h29-44H,1-28H3. The molecule has 434 valence electrons. The van der Waals surface area contributed by atoms with Crippen molar-refractivity contribution in [2.45, 2.75) is 237 Å². The molecule has 6 aromatic carbocycles. The van der Waals surface area contributed by atoms with Gasteiger partial charge in [0.25, 0.3) is 0 Å². The molecule has 0 aromatic heterocycles.